The standard InChI is InChI=1S/C23H24N2O3S/c26-23(18-6-4-9-20(16-18)28-19-7-2-1-3-8-19)24-17-21(22-10-5-15-29-22)25-11-13-27-14-12-25/h1-10,15-16,21H,11-14,17H2,(H,24,26)/p+1/t21-/m1/s1. The Bertz CT molecular complexity index is 909. The molecule has 2 N–H and O–H groups in total. The van der Waals surface area contributed by atoms with Gasteiger partial charge in [0.05, 0.1) is 24.6 Å². The predicted molar refractivity (Wildman–Crippen MR) is 114 cm³/mol. The smallest absolute Gasteiger partial charge is 0.251 e. The zero-order valence-electron chi connectivity index (χ0n) is 16.2. The predicted octanol–water partition coefficient (Wildman–Crippen LogP) is 2.93. The topological polar surface area (TPSA) is 52.0 Å². The highest BCUT2D eigenvalue weighted by atomic mass is 32.1. The zero-order valence-corrected chi connectivity index (χ0v) is 17.0. The van der Waals surface area contributed by atoms with Gasteiger partial charge in [-0.1, -0.05) is 30.3 Å². The molecule has 1 fully saturated rings. The fourth-order valence-corrected chi connectivity index (χ4v) is 4.43. The van der Waals surface area contributed by atoms with Crippen LogP contribution in [-0.4, -0.2) is 38.8 Å². The highest BCUT2D eigenvalue weighted by Gasteiger charge is 2.27. The van der Waals surface area contributed by atoms with Crippen molar-refractivity contribution in [2.45, 2.75) is 6.04 Å². The first kappa shape index (κ1) is 19.6. The third kappa shape index (κ3) is 5.23. The van der Waals surface area contributed by atoms with Gasteiger partial charge in [-0.3, -0.25) is 4.79 Å². The van der Waals surface area contributed by atoms with E-state index in [4.69, 9.17) is 9.47 Å². The summed E-state index contributed by atoms with van der Waals surface area (Å²) in [6.07, 6.45) is 0. The van der Waals surface area contributed by atoms with Crippen LogP contribution in [0.4, 0.5) is 0 Å². The van der Waals surface area contributed by atoms with Crippen LogP contribution in [0.5, 0.6) is 11.5 Å². The number of ether oxygens (including phenoxy) is 2. The molecule has 29 heavy (non-hydrogen) atoms. The van der Waals surface area contributed by atoms with Crippen LogP contribution in [0.3, 0.4) is 0 Å². The molecule has 0 spiro atoms. The van der Waals surface area contributed by atoms with Crippen molar-refractivity contribution >= 4 is 17.2 Å². The van der Waals surface area contributed by atoms with E-state index in [0.717, 1.165) is 32.1 Å². The van der Waals surface area contributed by atoms with Crippen molar-refractivity contribution in [3.8, 4) is 11.5 Å². The van der Waals surface area contributed by atoms with Crippen molar-refractivity contribution in [3.63, 3.8) is 0 Å². The van der Waals surface area contributed by atoms with Gasteiger partial charge in [0, 0.05) is 5.56 Å². The summed E-state index contributed by atoms with van der Waals surface area (Å²) in [5.41, 5.74) is 0.598. The van der Waals surface area contributed by atoms with Crippen molar-refractivity contribution in [1.29, 1.82) is 0 Å². The Morgan fingerprint density at radius 1 is 1.03 bits per heavy atom. The first-order valence-electron chi connectivity index (χ1n) is 9.86. The number of nitrogens with one attached hydrogen (secondary N) is 2. The number of carbonyl (C=O) groups excluding carboxylic acids is 1. The summed E-state index contributed by atoms with van der Waals surface area (Å²) in [4.78, 5) is 15.6. The molecule has 0 aliphatic carbocycles. The maximum atomic E-state index is 12.8. The molecule has 1 aliphatic rings. The largest absolute Gasteiger partial charge is 0.457 e. The molecule has 1 aromatic heterocycles. The molecular formula is C23H25N2O3S+. The van der Waals surface area contributed by atoms with Gasteiger partial charge < -0.3 is 19.7 Å². The number of rotatable bonds is 7. The van der Waals surface area contributed by atoms with Gasteiger partial charge in [0.25, 0.3) is 5.91 Å². The number of morpholine rings is 1. The van der Waals surface area contributed by atoms with Gasteiger partial charge in [-0.15, -0.1) is 11.3 Å². The Labute approximate surface area is 174 Å². The highest BCUT2D eigenvalue weighted by Crippen LogP contribution is 2.22. The van der Waals surface area contributed by atoms with Crippen LogP contribution < -0.4 is 15.0 Å². The second kappa shape index (κ2) is 9.69. The normalized spacial score (nSPS) is 15.6. The minimum absolute atomic E-state index is 0.0854. The third-order valence-corrected chi connectivity index (χ3v) is 6.04. The summed E-state index contributed by atoms with van der Waals surface area (Å²) in [5.74, 6) is 1.31. The van der Waals surface area contributed by atoms with Gasteiger partial charge in [-0.05, 0) is 41.8 Å². The van der Waals surface area contributed by atoms with Crippen molar-refractivity contribution in [2.75, 3.05) is 32.8 Å². The molecule has 1 saturated heterocycles. The quantitative estimate of drug-likeness (QED) is 0.631. The lowest BCUT2D eigenvalue weighted by Gasteiger charge is -2.31. The molecule has 0 unspecified atom stereocenters. The molecule has 150 valence electrons. The monoisotopic (exact) mass is 409 g/mol. The van der Waals surface area contributed by atoms with E-state index in [-0.39, 0.29) is 11.9 Å². The highest BCUT2D eigenvalue weighted by molar-refractivity contribution is 7.10. The maximum absolute atomic E-state index is 12.8. The molecule has 0 radical (unpaired) electrons. The Balaban J connectivity index is 1.42. The van der Waals surface area contributed by atoms with Crippen LogP contribution in [0.2, 0.25) is 0 Å². The Hall–Kier alpha value is -2.67. The number of amides is 1. The van der Waals surface area contributed by atoms with Gasteiger partial charge >= 0.3 is 0 Å². The zero-order chi connectivity index (χ0) is 19.9. The van der Waals surface area contributed by atoms with E-state index < -0.39 is 0 Å². The molecule has 6 heteroatoms. The number of quaternary nitrogens is 1. The van der Waals surface area contributed by atoms with Gasteiger partial charge in [0.2, 0.25) is 0 Å². The summed E-state index contributed by atoms with van der Waals surface area (Å²) in [5, 5.41) is 5.22. The fourth-order valence-electron chi connectivity index (χ4n) is 3.54. The second-order valence-electron chi connectivity index (χ2n) is 6.99. The van der Waals surface area contributed by atoms with Crippen LogP contribution in [0, 0.1) is 0 Å². The van der Waals surface area contributed by atoms with Crippen molar-refractivity contribution < 1.29 is 19.2 Å². The Morgan fingerprint density at radius 2 is 1.83 bits per heavy atom. The molecule has 3 aromatic rings. The second-order valence-corrected chi connectivity index (χ2v) is 7.97. The van der Waals surface area contributed by atoms with Crippen molar-refractivity contribution in [3.05, 3.63) is 82.6 Å². The van der Waals surface area contributed by atoms with Crippen LogP contribution in [0.15, 0.2) is 72.1 Å². The number of benzene rings is 2. The van der Waals surface area contributed by atoms with Gasteiger partial charge in [-0.2, -0.15) is 0 Å². The first-order valence-corrected chi connectivity index (χ1v) is 10.7. The number of hydrogen-bond acceptors (Lipinski definition) is 4. The van der Waals surface area contributed by atoms with Crippen molar-refractivity contribution in [2.24, 2.45) is 0 Å². The van der Waals surface area contributed by atoms with Crippen molar-refractivity contribution in [1.82, 2.24) is 5.32 Å². The van der Waals surface area contributed by atoms with E-state index >= 15 is 0 Å². The average molecular weight is 410 g/mol. The summed E-state index contributed by atoms with van der Waals surface area (Å²) in [6.45, 7) is 4.05. The molecule has 5 nitrogen and oxygen atoms in total. The minimum Gasteiger partial charge on any atom is -0.457 e. The molecular weight excluding hydrogens is 384 g/mol. The van der Waals surface area contributed by atoms with E-state index in [2.05, 4.69) is 22.8 Å². The number of carbonyl (C=O) groups is 1. The molecule has 0 saturated carbocycles. The third-order valence-electron chi connectivity index (χ3n) is 5.06. The maximum Gasteiger partial charge on any atom is 0.251 e. The lowest BCUT2D eigenvalue weighted by atomic mass is 10.1. The van der Waals surface area contributed by atoms with E-state index in [1.807, 2.05) is 48.5 Å². The average Bonchev–Trinajstić information content (AvgIpc) is 3.30. The van der Waals surface area contributed by atoms with Crippen LogP contribution in [0.1, 0.15) is 21.3 Å². The molecule has 2 aromatic carbocycles. The van der Waals surface area contributed by atoms with E-state index in [1.165, 1.54) is 9.78 Å². The lowest BCUT2D eigenvalue weighted by molar-refractivity contribution is -0.937. The molecule has 0 bridgehead atoms. The van der Waals surface area contributed by atoms with Crippen LogP contribution >= 0.6 is 11.3 Å². The molecule has 1 atom stereocenters. The molecule has 2 heterocycles. The summed E-state index contributed by atoms with van der Waals surface area (Å²) >= 11 is 1.74. The first-order chi connectivity index (χ1) is 14.3. The van der Waals surface area contributed by atoms with E-state index in [0.29, 0.717) is 17.9 Å². The number of thiophene rings is 1. The minimum atomic E-state index is -0.0854. The Morgan fingerprint density at radius 3 is 2.59 bits per heavy atom. The van der Waals surface area contributed by atoms with Gasteiger partial charge in [0.15, 0.2) is 0 Å². The van der Waals surface area contributed by atoms with E-state index in [9.17, 15) is 4.79 Å². The van der Waals surface area contributed by atoms with Crippen LogP contribution in [-0.2, 0) is 4.74 Å². The molecule has 1 aliphatic heterocycles. The van der Waals surface area contributed by atoms with Crippen LogP contribution in [0.25, 0.3) is 0 Å². The Kier molecular flexibility index (Phi) is 6.56. The lowest BCUT2D eigenvalue weighted by Crippen LogP contribution is -3.15. The molecule has 1 amide bonds. The summed E-state index contributed by atoms with van der Waals surface area (Å²) < 4.78 is 11.4. The summed E-state index contributed by atoms with van der Waals surface area (Å²) in [6, 6.07) is 21.3. The van der Waals surface area contributed by atoms with Gasteiger partial charge in [-0.25, -0.2) is 0 Å². The number of para-hydroxylation sites is 1. The number of hydrogen-bond donors (Lipinski definition) is 2. The summed E-state index contributed by atoms with van der Waals surface area (Å²) in [7, 11) is 0. The fraction of sp³-hybridized carbons (Fsp3) is 0.261. The SMILES string of the molecule is O=C(NC[C@H](c1cccs1)[NH+]1CCOCC1)c1cccc(Oc2ccccc2)c1. The molecule has 4 rings (SSSR count). The van der Waals surface area contributed by atoms with Gasteiger partial charge in [0.1, 0.15) is 30.6 Å². The van der Waals surface area contributed by atoms with E-state index in [1.54, 1.807) is 17.4 Å².